The second-order valence-electron chi connectivity index (χ2n) is 4.94. The Morgan fingerprint density at radius 3 is 2.85 bits per heavy atom. The molecule has 1 aromatic heterocycles. The minimum absolute atomic E-state index is 0.421. The number of rotatable bonds is 6. The standard InChI is InChI=1S/C14H19ClN4O/c1-18(7-11-4-2-3-5-14(11)15)9-13(20)10-19-8-12(16)6-17-19/h2-6,8,13,20H,7,9-10,16H2,1H3. The zero-order chi connectivity index (χ0) is 14.5. The zero-order valence-corrected chi connectivity index (χ0v) is 12.2. The maximum Gasteiger partial charge on any atom is 0.0862 e. The van der Waals surface area contributed by atoms with E-state index < -0.39 is 6.10 Å². The van der Waals surface area contributed by atoms with E-state index in [-0.39, 0.29) is 0 Å². The average Bonchev–Trinajstić information content (AvgIpc) is 2.77. The molecule has 1 aromatic carbocycles. The van der Waals surface area contributed by atoms with Crippen LogP contribution in [0.5, 0.6) is 0 Å². The molecular weight excluding hydrogens is 276 g/mol. The number of hydrogen-bond acceptors (Lipinski definition) is 4. The third-order valence-corrected chi connectivity index (χ3v) is 3.34. The molecule has 0 spiro atoms. The van der Waals surface area contributed by atoms with Gasteiger partial charge in [-0.2, -0.15) is 5.10 Å². The second kappa shape index (κ2) is 6.74. The van der Waals surface area contributed by atoms with Crippen molar-refractivity contribution < 1.29 is 5.11 Å². The van der Waals surface area contributed by atoms with E-state index in [1.165, 1.54) is 0 Å². The first-order valence-electron chi connectivity index (χ1n) is 6.42. The van der Waals surface area contributed by atoms with Crippen molar-refractivity contribution in [2.24, 2.45) is 0 Å². The molecule has 0 saturated carbocycles. The van der Waals surface area contributed by atoms with Gasteiger partial charge in [0.25, 0.3) is 0 Å². The number of hydrogen-bond donors (Lipinski definition) is 2. The van der Waals surface area contributed by atoms with Crippen molar-refractivity contribution in [1.29, 1.82) is 0 Å². The van der Waals surface area contributed by atoms with Gasteiger partial charge in [0.2, 0.25) is 0 Å². The number of aliphatic hydroxyl groups excluding tert-OH is 1. The van der Waals surface area contributed by atoms with Gasteiger partial charge in [0.05, 0.1) is 24.5 Å². The fraction of sp³-hybridized carbons (Fsp3) is 0.357. The van der Waals surface area contributed by atoms with Crippen LogP contribution in [0.1, 0.15) is 5.56 Å². The number of aromatic nitrogens is 2. The SMILES string of the molecule is CN(Cc1ccccc1Cl)CC(O)Cn1cc(N)cn1. The van der Waals surface area contributed by atoms with Crippen LogP contribution in [-0.4, -0.2) is 39.5 Å². The molecule has 0 aliphatic carbocycles. The summed E-state index contributed by atoms with van der Waals surface area (Å²) in [4.78, 5) is 2.03. The zero-order valence-electron chi connectivity index (χ0n) is 11.4. The van der Waals surface area contributed by atoms with Gasteiger partial charge in [-0.3, -0.25) is 9.58 Å². The van der Waals surface area contributed by atoms with Gasteiger partial charge in [0.1, 0.15) is 0 Å². The molecule has 0 saturated heterocycles. The van der Waals surface area contributed by atoms with Gasteiger partial charge >= 0.3 is 0 Å². The van der Waals surface area contributed by atoms with E-state index in [4.69, 9.17) is 17.3 Å². The first kappa shape index (κ1) is 14.8. The molecule has 1 heterocycles. The molecule has 1 atom stereocenters. The van der Waals surface area contributed by atoms with E-state index >= 15 is 0 Å². The smallest absolute Gasteiger partial charge is 0.0862 e. The largest absolute Gasteiger partial charge is 0.396 e. The normalized spacial score (nSPS) is 12.8. The molecule has 5 nitrogen and oxygen atoms in total. The van der Waals surface area contributed by atoms with Gasteiger partial charge < -0.3 is 10.8 Å². The van der Waals surface area contributed by atoms with Crippen LogP contribution < -0.4 is 5.73 Å². The molecule has 2 aromatic rings. The van der Waals surface area contributed by atoms with Crippen LogP contribution in [0.2, 0.25) is 5.02 Å². The van der Waals surface area contributed by atoms with Crippen molar-refractivity contribution in [2.75, 3.05) is 19.3 Å². The van der Waals surface area contributed by atoms with Crippen molar-refractivity contribution in [2.45, 2.75) is 19.2 Å². The number of nitrogens with two attached hydrogens (primary N) is 1. The van der Waals surface area contributed by atoms with Crippen LogP contribution in [0, 0.1) is 0 Å². The fourth-order valence-electron chi connectivity index (χ4n) is 2.09. The lowest BCUT2D eigenvalue weighted by atomic mass is 10.2. The summed E-state index contributed by atoms with van der Waals surface area (Å²) in [6.07, 6.45) is 2.76. The number of likely N-dealkylation sites (N-methyl/N-ethyl adjacent to an activating group) is 1. The topological polar surface area (TPSA) is 67.3 Å². The molecule has 0 radical (unpaired) electrons. The van der Waals surface area contributed by atoms with Gasteiger partial charge in [-0.05, 0) is 18.7 Å². The summed E-state index contributed by atoms with van der Waals surface area (Å²) in [6, 6.07) is 7.72. The Bertz CT molecular complexity index is 558. The van der Waals surface area contributed by atoms with Crippen LogP contribution in [0.15, 0.2) is 36.7 Å². The molecule has 108 valence electrons. The number of nitrogens with zero attached hydrogens (tertiary/aromatic N) is 3. The number of anilines is 1. The Morgan fingerprint density at radius 1 is 1.45 bits per heavy atom. The summed E-state index contributed by atoms with van der Waals surface area (Å²) in [6.45, 7) is 1.65. The van der Waals surface area contributed by atoms with Crippen LogP contribution in [0.3, 0.4) is 0 Å². The first-order chi connectivity index (χ1) is 9.54. The highest BCUT2D eigenvalue weighted by Gasteiger charge is 2.11. The van der Waals surface area contributed by atoms with Crippen LogP contribution in [0.4, 0.5) is 5.69 Å². The van der Waals surface area contributed by atoms with Crippen LogP contribution >= 0.6 is 11.6 Å². The molecule has 0 amide bonds. The Hall–Kier alpha value is -1.56. The molecular formula is C14H19ClN4O. The molecule has 6 heteroatoms. The highest BCUT2D eigenvalue weighted by molar-refractivity contribution is 6.31. The maximum atomic E-state index is 10.1. The van der Waals surface area contributed by atoms with Gasteiger partial charge in [-0.1, -0.05) is 29.8 Å². The highest BCUT2D eigenvalue weighted by atomic mass is 35.5. The summed E-state index contributed by atoms with van der Waals surface area (Å²) >= 11 is 6.12. The molecule has 0 fully saturated rings. The molecule has 0 aliphatic heterocycles. The quantitative estimate of drug-likeness (QED) is 0.849. The Morgan fingerprint density at radius 2 is 2.20 bits per heavy atom. The molecule has 0 aliphatic rings. The van der Waals surface area contributed by atoms with E-state index in [0.29, 0.717) is 25.3 Å². The average molecular weight is 295 g/mol. The van der Waals surface area contributed by atoms with Gasteiger partial charge in [0.15, 0.2) is 0 Å². The number of aliphatic hydroxyl groups is 1. The van der Waals surface area contributed by atoms with Gasteiger partial charge in [-0.15, -0.1) is 0 Å². The van der Waals surface area contributed by atoms with E-state index in [0.717, 1.165) is 10.6 Å². The lowest BCUT2D eigenvalue weighted by Gasteiger charge is -2.21. The highest BCUT2D eigenvalue weighted by Crippen LogP contribution is 2.16. The van der Waals surface area contributed by atoms with Crippen molar-refractivity contribution in [3.05, 3.63) is 47.2 Å². The van der Waals surface area contributed by atoms with E-state index in [1.807, 2.05) is 36.2 Å². The van der Waals surface area contributed by atoms with E-state index in [1.54, 1.807) is 17.1 Å². The summed E-state index contributed by atoms with van der Waals surface area (Å²) < 4.78 is 1.64. The Balaban J connectivity index is 1.85. The molecule has 3 N–H and O–H groups in total. The van der Waals surface area contributed by atoms with Gasteiger partial charge in [-0.25, -0.2) is 0 Å². The number of nitrogen functional groups attached to an aromatic ring is 1. The summed E-state index contributed by atoms with van der Waals surface area (Å²) in [5, 5.41) is 14.9. The summed E-state index contributed by atoms with van der Waals surface area (Å²) in [7, 11) is 1.95. The molecule has 0 bridgehead atoms. The fourth-order valence-corrected chi connectivity index (χ4v) is 2.29. The second-order valence-corrected chi connectivity index (χ2v) is 5.34. The monoisotopic (exact) mass is 294 g/mol. The maximum absolute atomic E-state index is 10.1. The lowest BCUT2D eigenvalue weighted by Crippen LogP contribution is -2.32. The Kier molecular flexibility index (Phi) is 5.00. The van der Waals surface area contributed by atoms with Crippen molar-refractivity contribution in [3.63, 3.8) is 0 Å². The number of benzene rings is 1. The minimum Gasteiger partial charge on any atom is -0.396 e. The summed E-state index contributed by atoms with van der Waals surface area (Å²) in [5.41, 5.74) is 7.23. The molecule has 20 heavy (non-hydrogen) atoms. The van der Waals surface area contributed by atoms with Gasteiger partial charge in [0, 0.05) is 24.3 Å². The molecule has 1 unspecified atom stereocenters. The lowest BCUT2D eigenvalue weighted by molar-refractivity contribution is 0.104. The van der Waals surface area contributed by atoms with E-state index in [2.05, 4.69) is 5.10 Å². The Labute approximate surface area is 123 Å². The number of halogens is 1. The third-order valence-electron chi connectivity index (χ3n) is 2.97. The summed E-state index contributed by atoms with van der Waals surface area (Å²) in [5.74, 6) is 0. The predicted molar refractivity (Wildman–Crippen MR) is 80.4 cm³/mol. The van der Waals surface area contributed by atoms with Crippen molar-refractivity contribution in [3.8, 4) is 0 Å². The van der Waals surface area contributed by atoms with Crippen molar-refractivity contribution >= 4 is 17.3 Å². The van der Waals surface area contributed by atoms with Crippen molar-refractivity contribution in [1.82, 2.24) is 14.7 Å². The third kappa shape index (κ3) is 4.23. The van der Waals surface area contributed by atoms with Crippen LogP contribution in [0.25, 0.3) is 0 Å². The predicted octanol–water partition coefficient (Wildman–Crippen LogP) is 1.61. The van der Waals surface area contributed by atoms with E-state index in [9.17, 15) is 5.11 Å². The minimum atomic E-state index is -0.512. The molecule has 2 rings (SSSR count). The first-order valence-corrected chi connectivity index (χ1v) is 6.80. The van der Waals surface area contributed by atoms with Crippen LogP contribution in [-0.2, 0) is 13.1 Å².